The second kappa shape index (κ2) is 4.46. The maximum Gasteiger partial charge on any atom is 0.266 e. The van der Waals surface area contributed by atoms with E-state index in [0.717, 1.165) is 6.42 Å². The third-order valence-corrected chi connectivity index (χ3v) is 3.38. The average molecular weight is 212 g/mol. The topological polar surface area (TPSA) is 46.3 Å². The van der Waals surface area contributed by atoms with Crippen LogP contribution in [0, 0.1) is 0 Å². The Morgan fingerprint density at radius 3 is 2.79 bits per heavy atom. The van der Waals surface area contributed by atoms with Gasteiger partial charge < -0.3 is 10.6 Å². The quantitative estimate of drug-likeness (QED) is 0.835. The lowest BCUT2D eigenvalue weighted by molar-refractivity contribution is 0.0746. The summed E-state index contributed by atoms with van der Waals surface area (Å²) in [5.74, 6) is 0.0202. The highest BCUT2D eigenvalue weighted by Crippen LogP contribution is 2.21. The molecule has 0 aromatic carbocycles. The van der Waals surface area contributed by atoms with Crippen molar-refractivity contribution in [1.82, 2.24) is 4.90 Å². The molecule has 1 heterocycles. The van der Waals surface area contributed by atoms with E-state index >= 15 is 0 Å². The van der Waals surface area contributed by atoms with Crippen LogP contribution >= 0.6 is 11.3 Å². The van der Waals surface area contributed by atoms with E-state index in [4.69, 9.17) is 5.73 Å². The van der Waals surface area contributed by atoms with Crippen LogP contribution in [0.2, 0.25) is 0 Å². The smallest absolute Gasteiger partial charge is 0.266 e. The highest BCUT2D eigenvalue weighted by atomic mass is 32.1. The SMILES string of the molecule is CCC(C)N(C)C(=O)c1sccc1N. The van der Waals surface area contributed by atoms with E-state index in [1.54, 1.807) is 11.0 Å². The monoisotopic (exact) mass is 212 g/mol. The molecule has 4 heteroatoms. The van der Waals surface area contributed by atoms with Gasteiger partial charge in [0.1, 0.15) is 4.88 Å². The van der Waals surface area contributed by atoms with Crippen LogP contribution in [0.1, 0.15) is 29.9 Å². The second-order valence-corrected chi connectivity index (χ2v) is 4.29. The van der Waals surface area contributed by atoms with E-state index in [1.165, 1.54) is 11.3 Å². The number of rotatable bonds is 3. The Morgan fingerprint density at radius 2 is 2.36 bits per heavy atom. The zero-order chi connectivity index (χ0) is 10.7. The first-order valence-corrected chi connectivity index (χ1v) is 5.56. The molecule has 14 heavy (non-hydrogen) atoms. The molecule has 0 saturated heterocycles. The Bertz CT molecular complexity index is 322. The fraction of sp³-hybridized carbons (Fsp3) is 0.500. The van der Waals surface area contributed by atoms with Crippen molar-refractivity contribution in [1.29, 1.82) is 0 Å². The Hall–Kier alpha value is -1.03. The minimum absolute atomic E-state index is 0.0202. The number of carbonyl (C=O) groups is 1. The van der Waals surface area contributed by atoms with Gasteiger partial charge in [0.25, 0.3) is 5.91 Å². The van der Waals surface area contributed by atoms with Crippen LogP contribution < -0.4 is 5.73 Å². The van der Waals surface area contributed by atoms with Crippen LogP contribution in [0.3, 0.4) is 0 Å². The first-order chi connectivity index (χ1) is 6.57. The average Bonchev–Trinajstić information content (AvgIpc) is 2.61. The number of nitrogen functional groups attached to an aromatic ring is 1. The third kappa shape index (κ3) is 2.07. The fourth-order valence-corrected chi connectivity index (χ4v) is 1.93. The number of nitrogens with zero attached hydrogens (tertiary/aromatic N) is 1. The van der Waals surface area contributed by atoms with Gasteiger partial charge in [-0.05, 0) is 24.8 Å². The van der Waals surface area contributed by atoms with Crippen molar-refractivity contribution >= 4 is 22.9 Å². The maximum atomic E-state index is 11.9. The molecule has 0 aliphatic heterocycles. The lowest BCUT2D eigenvalue weighted by atomic mass is 10.2. The van der Waals surface area contributed by atoms with Gasteiger partial charge in [-0.15, -0.1) is 11.3 Å². The Labute approximate surface area is 88.5 Å². The van der Waals surface area contributed by atoms with Gasteiger partial charge in [0, 0.05) is 13.1 Å². The second-order valence-electron chi connectivity index (χ2n) is 3.38. The van der Waals surface area contributed by atoms with E-state index in [0.29, 0.717) is 10.6 Å². The van der Waals surface area contributed by atoms with Crippen molar-refractivity contribution in [3.05, 3.63) is 16.3 Å². The summed E-state index contributed by atoms with van der Waals surface area (Å²) in [6.07, 6.45) is 0.952. The number of amides is 1. The highest BCUT2D eigenvalue weighted by molar-refractivity contribution is 7.12. The van der Waals surface area contributed by atoms with Gasteiger partial charge in [-0.25, -0.2) is 0 Å². The number of nitrogens with two attached hydrogens (primary N) is 1. The van der Waals surface area contributed by atoms with E-state index in [9.17, 15) is 4.79 Å². The zero-order valence-electron chi connectivity index (χ0n) is 8.78. The first kappa shape index (κ1) is 11.0. The molecule has 1 amide bonds. The van der Waals surface area contributed by atoms with Crippen LogP contribution in [0.25, 0.3) is 0 Å². The molecule has 3 nitrogen and oxygen atoms in total. The lowest BCUT2D eigenvalue weighted by Gasteiger charge is -2.23. The largest absolute Gasteiger partial charge is 0.397 e. The lowest BCUT2D eigenvalue weighted by Crippen LogP contribution is -2.34. The van der Waals surface area contributed by atoms with Crippen LogP contribution in [-0.2, 0) is 0 Å². The molecular formula is C10H16N2OS. The number of thiophene rings is 1. The molecule has 2 N–H and O–H groups in total. The molecule has 0 bridgehead atoms. The molecule has 0 spiro atoms. The summed E-state index contributed by atoms with van der Waals surface area (Å²) in [6, 6.07) is 2.02. The van der Waals surface area contributed by atoms with Crippen molar-refractivity contribution < 1.29 is 4.79 Å². The van der Waals surface area contributed by atoms with Crippen molar-refractivity contribution in [2.24, 2.45) is 0 Å². The summed E-state index contributed by atoms with van der Waals surface area (Å²) >= 11 is 1.40. The van der Waals surface area contributed by atoms with Gasteiger partial charge in [0.15, 0.2) is 0 Å². The summed E-state index contributed by atoms with van der Waals surface area (Å²) < 4.78 is 0. The summed E-state index contributed by atoms with van der Waals surface area (Å²) in [5.41, 5.74) is 6.26. The van der Waals surface area contributed by atoms with E-state index in [-0.39, 0.29) is 11.9 Å². The molecule has 0 aliphatic rings. The van der Waals surface area contributed by atoms with Crippen molar-refractivity contribution in [2.75, 3.05) is 12.8 Å². The van der Waals surface area contributed by atoms with Crippen molar-refractivity contribution in [3.63, 3.8) is 0 Å². The van der Waals surface area contributed by atoms with E-state index < -0.39 is 0 Å². The van der Waals surface area contributed by atoms with Crippen LogP contribution in [-0.4, -0.2) is 23.9 Å². The molecule has 0 radical (unpaired) electrons. The van der Waals surface area contributed by atoms with Crippen molar-refractivity contribution in [2.45, 2.75) is 26.3 Å². The molecule has 0 saturated carbocycles. The predicted molar refractivity (Wildman–Crippen MR) is 60.6 cm³/mol. The number of hydrogen-bond donors (Lipinski definition) is 1. The summed E-state index contributed by atoms with van der Waals surface area (Å²) in [7, 11) is 1.82. The molecule has 0 fully saturated rings. The molecule has 1 unspecified atom stereocenters. The fourth-order valence-electron chi connectivity index (χ4n) is 1.13. The summed E-state index contributed by atoms with van der Waals surface area (Å²) in [4.78, 5) is 14.3. The zero-order valence-corrected chi connectivity index (χ0v) is 9.60. The van der Waals surface area contributed by atoms with Gasteiger partial charge in [0.05, 0.1) is 5.69 Å². The van der Waals surface area contributed by atoms with Gasteiger partial charge >= 0.3 is 0 Å². The third-order valence-electron chi connectivity index (χ3n) is 2.46. The normalized spacial score (nSPS) is 12.5. The van der Waals surface area contributed by atoms with Crippen molar-refractivity contribution in [3.8, 4) is 0 Å². The maximum absolute atomic E-state index is 11.9. The number of anilines is 1. The molecule has 1 rings (SSSR count). The molecular weight excluding hydrogens is 196 g/mol. The Kier molecular flexibility index (Phi) is 3.52. The van der Waals surface area contributed by atoms with E-state index in [2.05, 4.69) is 6.92 Å². The van der Waals surface area contributed by atoms with Gasteiger partial charge in [-0.1, -0.05) is 6.92 Å². The standard InChI is InChI=1S/C10H16N2OS/c1-4-7(2)12(3)10(13)9-8(11)5-6-14-9/h5-7H,4,11H2,1-3H3. The highest BCUT2D eigenvalue weighted by Gasteiger charge is 2.19. The predicted octanol–water partition coefficient (Wildman–Crippen LogP) is 2.20. The van der Waals surface area contributed by atoms with Crippen LogP contribution in [0.5, 0.6) is 0 Å². The van der Waals surface area contributed by atoms with Gasteiger partial charge in [0.2, 0.25) is 0 Å². The first-order valence-electron chi connectivity index (χ1n) is 4.68. The summed E-state index contributed by atoms with van der Waals surface area (Å²) in [6.45, 7) is 4.09. The summed E-state index contributed by atoms with van der Waals surface area (Å²) in [5, 5.41) is 1.84. The minimum atomic E-state index is 0.0202. The molecule has 78 valence electrons. The molecule has 1 aromatic rings. The van der Waals surface area contributed by atoms with Gasteiger partial charge in [-0.3, -0.25) is 4.79 Å². The Morgan fingerprint density at radius 1 is 1.71 bits per heavy atom. The Balaban J connectivity index is 2.81. The minimum Gasteiger partial charge on any atom is -0.397 e. The molecule has 1 aromatic heterocycles. The van der Waals surface area contributed by atoms with E-state index in [1.807, 2.05) is 19.4 Å². The van der Waals surface area contributed by atoms with Crippen LogP contribution in [0.4, 0.5) is 5.69 Å². The van der Waals surface area contributed by atoms with Gasteiger partial charge in [-0.2, -0.15) is 0 Å². The number of hydrogen-bond acceptors (Lipinski definition) is 3. The van der Waals surface area contributed by atoms with Crippen LogP contribution in [0.15, 0.2) is 11.4 Å². The molecule has 1 atom stereocenters. The molecule has 0 aliphatic carbocycles. The number of carbonyl (C=O) groups excluding carboxylic acids is 1.